The molecule has 0 bridgehead atoms. The summed E-state index contributed by atoms with van der Waals surface area (Å²) in [6, 6.07) is 0.391. The van der Waals surface area contributed by atoms with E-state index in [4.69, 9.17) is 4.74 Å². The topological polar surface area (TPSA) is 29.5 Å². The monoisotopic (exact) mass is 217 g/mol. The fourth-order valence-electron chi connectivity index (χ4n) is 1.51. The lowest BCUT2D eigenvalue weighted by molar-refractivity contribution is -0.151. The minimum Gasteiger partial charge on any atom is -0.369 e. The zero-order chi connectivity index (χ0) is 10.8. The molecule has 1 atom stereocenters. The SMILES string of the molecule is COC(C)(C)C(=O)N(C)C1CCSC1. The van der Waals surface area contributed by atoms with Gasteiger partial charge in [0.1, 0.15) is 5.60 Å². The molecule has 0 aliphatic carbocycles. The number of methoxy groups -OCH3 is 1. The minimum atomic E-state index is -0.692. The van der Waals surface area contributed by atoms with E-state index in [1.807, 2.05) is 37.6 Å². The first-order valence-corrected chi connectivity index (χ1v) is 6.04. The first-order valence-electron chi connectivity index (χ1n) is 4.89. The first kappa shape index (κ1) is 11.9. The molecule has 1 heterocycles. The van der Waals surface area contributed by atoms with E-state index in [1.54, 1.807) is 7.11 Å². The molecule has 82 valence electrons. The molecule has 1 aliphatic heterocycles. The molecule has 1 rings (SSSR count). The Morgan fingerprint density at radius 2 is 2.21 bits per heavy atom. The number of hydrogen-bond donors (Lipinski definition) is 0. The van der Waals surface area contributed by atoms with Gasteiger partial charge in [-0.3, -0.25) is 4.79 Å². The van der Waals surface area contributed by atoms with Crippen LogP contribution in [0.4, 0.5) is 0 Å². The number of carbonyl (C=O) groups is 1. The summed E-state index contributed by atoms with van der Waals surface area (Å²) in [5, 5.41) is 0. The van der Waals surface area contributed by atoms with Gasteiger partial charge in [-0.05, 0) is 26.0 Å². The van der Waals surface area contributed by atoms with E-state index in [2.05, 4.69) is 0 Å². The van der Waals surface area contributed by atoms with Gasteiger partial charge in [-0.15, -0.1) is 0 Å². The van der Waals surface area contributed by atoms with Gasteiger partial charge in [0.2, 0.25) is 0 Å². The van der Waals surface area contributed by atoms with Gasteiger partial charge in [-0.2, -0.15) is 11.8 Å². The smallest absolute Gasteiger partial charge is 0.254 e. The van der Waals surface area contributed by atoms with Gasteiger partial charge in [0, 0.05) is 26.0 Å². The summed E-state index contributed by atoms with van der Waals surface area (Å²) in [4.78, 5) is 13.8. The van der Waals surface area contributed by atoms with E-state index in [0.29, 0.717) is 6.04 Å². The highest BCUT2D eigenvalue weighted by Crippen LogP contribution is 2.23. The number of thioether (sulfide) groups is 1. The second-order valence-corrected chi connectivity index (χ2v) is 5.30. The largest absolute Gasteiger partial charge is 0.369 e. The lowest BCUT2D eigenvalue weighted by atomic mass is 10.1. The van der Waals surface area contributed by atoms with Crippen LogP contribution in [0, 0.1) is 0 Å². The van der Waals surface area contributed by atoms with E-state index in [1.165, 1.54) is 0 Å². The third-order valence-electron chi connectivity index (χ3n) is 2.80. The molecule has 0 saturated carbocycles. The predicted molar refractivity (Wildman–Crippen MR) is 59.6 cm³/mol. The number of ether oxygens (including phenoxy) is 1. The van der Waals surface area contributed by atoms with Gasteiger partial charge >= 0.3 is 0 Å². The van der Waals surface area contributed by atoms with Crippen molar-refractivity contribution >= 4 is 17.7 Å². The van der Waals surface area contributed by atoms with E-state index in [-0.39, 0.29) is 5.91 Å². The second kappa shape index (κ2) is 4.53. The van der Waals surface area contributed by atoms with Crippen LogP contribution in [-0.4, -0.2) is 48.1 Å². The molecule has 0 N–H and O–H groups in total. The number of nitrogens with zero attached hydrogens (tertiary/aromatic N) is 1. The number of likely N-dealkylation sites (N-methyl/N-ethyl adjacent to an activating group) is 1. The van der Waals surface area contributed by atoms with Crippen LogP contribution < -0.4 is 0 Å². The summed E-state index contributed by atoms with van der Waals surface area (Å²) >= 11 is 1.91. The average molecular weight is 217 g/mol. The van der Waals surface area contributed by atoms with Gasteiger partial charge in [0.15, 0.2) is 0 Å². The standard InChI is InChI=1S/C10H19NO2S/c1-10(2,13-4)9(12)11(3)8-5-6-14-7-8/h8H,5-7H2,1-4H3. The maximum absolute atomic E-state index is 12.0. The molecular formula is C10H19NO2S. The van der Waals surface area contributed by atoms with Crippen LogP contribution in [0.25, 0.3) is 0 Å². The third-order valence-corrected chi connectivity index (χ3v) is 3.94. The molecule has 1 saturated heterocycles. The maximum Gasteiger partial charge on any atom is 0.254 e. The summed E-state index contributed by atoms with van der Waals surface area (Å²) in [6.07, 6.45) is 1.10. The zero-order valence-corrected chi connectivity index (χ0v) is 10.2. The van der Waals surface area contributed by atoms with Gasteiger partial charge in [0.25, 0.3) is 5.91 Å². The molecular weight excluding hydrogens is 198 g/mol. The molecule has 4 heteroatoms. The summed E-state index contributed by atoms with van der Waals surface area (Å²) < 4.78 is 5.18. The third kappa shape index (κ3) is 2.42. The van der Waals surface area contributed by atoms with Crippen molar-refractivity contribution in [2.24, 2.45) is 0 Å². The van der Waals surface area contributed by atoms with E-state index in [9.17, 15) is 4.79 Å². The van der Waals surface area contributed by atoms with Gasteiger partial charge in [-0.25, -0.2) is 0 Å². The molecule has 0 aromatic rings. The van der Waals surface area contributed by atoms with Crippen molar-refractivity contribution in [2.75, 3.05) is 25.7 Å². The number of rotatable bonds is 3. The number of hydrogen-bond acceptors (Lipinski definition) is 3. The Hall–Kier alpha value is -0.220. The minimum absolute atomic E-state index is 0.0764. The molecule has 14 heavy (non-hydrogen) atoms. The normalized spacial score (nSPS) is 22.4. The highest BCUT2D eigenvalue weighted by atomic mass is 32.2. The summed E-state index contributed by atoms with van der Waals surface area (Å²) in [7, 11) is 3.45. The molecule has 1 fully saturated rings. The highest BCUT2D eigenvalue weighted by molar-refractivity contribution is 7.99. The fourth-order valence-corrected chi connectivity index (χ4v) is 2.77. The van der Waals surface area contributed by atoms with E-state index < -0.39 is 5.60 Å². The van der Waals surface area contributed by atoms with Crippen molar-refractivity contribution in [3.8, 4) is 0 Å². The number of amides is 1. The van der Waals surface area contributed by atoms with Crippen LogP contribution in [0.15, 0.2) is 0 Å². The summed E-state index contributed by atoms with van der Waals surface area (Å²) in [6.45, 7) is 3.63. The Kier molecular flexibility index (Phi) is 3.84. The van der Waals surface area contributed by atoms with Crippen LogP contribution in [0.2, 0.25) is 0 Å². The van der Waals surface area contributed by atoms with Crippen molar-refractivity contribution in [3.05, 3.63) is 0 Å². The summed E-state index contributed by atoms with van der Waals surface area (Å²) in [5.74, 6) is 2.30. The predicted octanol–water partition coefficient (Wildman–Crippen LogP) is 1.38. The Balaban J connectivity index is 2.59. The molecule has 0 spiro atoms. The lowest BCUT2D eigenvalue weighted by Crippen LogP contribution is -2.48. The van der Waals surface area contributed by atoms with Crippen LogP contribution in [0.5, 0.6) is 0 Å². The molecule has 0 radical (unpaired) electrons. The van der Waals surface area contributed by atoms with Crippen LogP contribution in [0.1, 0.15) is 20.3 Å². The van der Waals surface area contributed by atoms with E-state index in [0.717, 1.165) is 17.9 Å². The second-order valence-electron chi connectivity index (χ2n) is 4.15. The molecule has 1 aliphatic rings. The Bertz CT molecular complexity index is 212. The van der Waals surface area contributed by atoms with E-state index >= 15 is 0 Å². The molecule has 3 nitrogen and oxygen atoms in total. The zero-order valence-electron chi connectivity index (χ0n) is 9.37. The van der Waals surface area contributed by atoms with Crippen molar-refractivity contribution in [3.63, 3.8) is 0 Å². The van der Waals surface area contributed by atoms with Crippen LogP contribution in [0.3, 0.4) is 0 Å². The van der Waals surface area contributed by atoms with Gasteiger partial charge in [0.05, 0.1) is 0 Å². The Labute approximate surface area is 90.2 Å². The van der Waals surface area contributed by atoms with Crippen LogP contribution >= 0.6 is 11.8 Å². The molecule has 0 aromatic heterocycles. The lowest BCUT2D eigenvalue weighted by Gasteiger charge is -2.31. The van der Waals surface area contributed by atoms with Crippen molar-refractivity contribution < 1.29 is 9.53 Å². The fraction of sp³-hybridized carbons (Fsp3) is 0.900. The first-order chi connectivity index (χ1) is 6.49. The Morgan fingerprint density at radius 3 is 2.64 bits per heavy atom. The van der Waals surface area contributed by atoms with Crippen molar-refractivity contribution in [2.45, 2.75) is 31.9 Å². The van der Waals surface area contributed by atoms with Gasteiger partial charge in [-0.1, -0.05) is 0 Å². The van der Waals surface area contributed by atoms with Crippen molar-refractivity contribution in [1.29, 1.82) is 0 Å². The Morgan fingerprint density at radius 1 is 1.57 bits per heavy atom. The molecule has 1 unspecified atom stereocenters. The molecule has 1 amide bonds. The maximum atomic E-state index is 12.0. The molecule has 0 aromatic carbocycles. The quantitative estimate of drug-likeness (QED) is 0.715. The number of carbonyl (C=O) groups excluding carboxylic acids is 1. The highest BCUT2D eigenvalue weighted by Gasteiger charge is 2.34. The average Bonchev–Trinajstić information content (AvgIpc) is 2.68. The van der Waals surface area contributed by atoms with Gasteiger partial charge < -0.3 is 9.64 Å². The van der Waals surface area contributed by atoms with Crippen molar-refractivity contribution in [1.82, 2.24) is 4.90 Å². The summed E-state index contributed by atoms with van der Waals surface area (Å²) in [5.41, 5.74) is -0.692. The van der Waals surface area contributed by atoms with Crippen LogP contribution in [-0.2, 0) is 9.53 Å².